The topological polar surface area (TPSA) is 39.2 Å². The van der Waals surface area contributed by atoms with Gasteiger partial charge in [-0.25, -0.2) is 0 Å². The highest BCUT2D eigenvalue weighted by atomic mass is 35.5. The number of guanidine groups is 1. The van der Waals surface area contributed by atoms with Crippen molar-refractivity contribution in [3.63, 3.8) is 0 Å². The zero-order chi connectivity index (χ0) is 20.0. The van der Waals surface area contributed by atoms with E-state index in [1.54, 1.807) is 17.0 Å². The number of benzene rings is 2. The van der Waals surface area contributed by atoms with Gasteiger partial charge in [0.05, 0.1) is 18.7 Å². The van der Waals surface area contributed by atoms with E-state index in [-0.39, 0.29) is 5.91 Å². The molecule has 5 nitrogen and oxygen atoms in total. The van der Waals surface area contributed by atoms with Crippen LogP contribution in [0.15, 0.2) is 64.8 Å². The Kier molecular flexibility index (Phi) is 4.82. The summed E-state index contributed by atoms with van der Waals surface area (Å²) in [6.07, 6.45) is 0. The van der Waals surface area contributed by atoms with E-state index in [4.69, 9.17) is 23.2 Å². The summed E-state index contributed by atoms with van der Waals surface area (Å²) in [4.78, 5) is 24.3. The standard InChI is InChI=1S/C22H20Cl2N4O/c23-17-7-6-16(19(24)10-17)12-28-21(29)18-13-26(11-15-4-2-1-3-5-15)14-20(18)27-9-8-25-22(27)28/h1-7,10H,8-9,11-14H2. The van der Waals surface area contributed by atoms with E-state index in [1.807, 2.05) is 24.3 Å². The van der Waals surface area contributed by atoms with Gasteiger partial charge in [-0.3, -0.25) is 19.6 Å². The van der Waals surface area contributed by atoms with Crippen molar-refractivity contribution in [3.8, 4) is 0 Å². The third-order valence-electron chi connectivity index (χ3n) is 5.58. The molecule has 0 unspecified atom stereocenters. The summed E-state index contributed by atoms with van der Waals surface area (Å²) >= 11 is 12.4. The van der Waals surface area contributed by atoms with Gasteiger partial charge in [-0.1, -0.05) is 59.6 Å². The molecule has 3 aliphatic heterocycles. The van der Waals surface area contributed by atoms with Crippen LogP contribution in [0.25, 0.3) is 0 Å². The van der Waals surface area contributed by atoms with Crippen LogP contribution in [0.1, 0.15) is 11.1 Å². The lowest BCUT2D eigenvalue weighted by Crippen LogP contribution is -2.49. The summed E-state index contributed by atoms with van der Waals surface area (Å²) in [5, 5.41) is 1.15. The summed E-state index contributed by atoms with van der Waals surface area (Å²) in [6, 6.07) is 15.7. The molecule has 0 fully saturated rings. The van der Waals surface area contributed by atoms with Crippen LogP contribution in [0.2, 0.25) is 10.0 Å². The van der Waals surface area contributed by atoms with Crippen molar-refractivity contribution < 1.29 is 4.79 Å². The van der Waals surface area contributed by atoms with E-state index in [1.165, 1.54) is 5.56 Å². The first-order chi connectivity index (χ1) is 14.1. The molecule has 0 aromatic heterocycles. The Bertz CT molecular complexity index is 1030. The molecule has 5 rings (SSSR count). The maximum atomic E-state index is 13.4. The fourth-order valence-electron chi connectivity index (χ4n) is 4.21. The van der Waals surface area contributed by atoms with Gasteiger partial charge in [-0.05, 0) is 23.3 Å². The molecule has 3 heterocycles. The number of hydrogen-bond donors (Lipinski definition) is 0. The predicted octanol–water partition coefficient (Wildman–Crippen LogP) is 3.78. The van der Waals surface area contributed by atoms with Crippen LogP contribution in [0.3, 0.4) is 0 Å². The van der Waals surface area contributed by atoms with Gasteiger partial charge in [0, 0.05) is 41.9 Å². The van der Waals surface area contributed by atoms with Gasteiger partial charge in [0.1, 0.15) is 0 Å². The predicted molar refractivity (Wildman–Crippen MR) is 115 cm³/mol. The number of hydrogen-bond acceptors (Lipinski definition) is 4. The number of nitrogens with zero attached hydrogens (tertiary/aromatic N) is 4. The summed E-state index contributed by atoms with van der Waals surface area (Å²) in [5.74, 6) is 0.764. The van der Waals surface area contributed by atoms with Gasteiger partial charge in [0.2, 0.25) is 5.96 Å². The second kappa shape index (κ2) is 7.48. The number of halogens is 2. The van der Waals surface area contributed by atoms with Crippen LogP contribution in [0.4, 0.5) is 0 Å². The average molecular weight is 427 g/mol. The van der Waals surface area contributed by atoms with Gasteiger partial charge in [0.15, 0.2) is 0 Å². The Morgan fingerprint density at radius 3 is 2.62 bits per heavy atom. The molecule has 1 amide bonds. The van der Waals surface area contributed by atoms with E-state index < -0.39 is 0 Å². The lowest BCUT2D eigenvalue weighted by atomic mass is 10.1. The molecule has 29 heavy (non-hydrogen) atoms. The minimum atomic E-state index is 0.0264. The second-order valence-electron chi connectivity index (χ2n) is 7.52. The molecule has 7 heteroatoms. The maximum absolute atomic E-state index is 13.4. The lowest BCUT2D eigenvalue weighted by Gasteiger charge is -2.35. The molecule has 0 bridgehead atoms. The quantitative estimate of drug-likeness (QED) is 0.746. The average Bonchev–Trinajstić information content (AvgIpc) is 3.34. The van der Waals surface area contributed by atoms with Crippen LogP contribution in [-0.4, -0.2) is 52.7 Å². The Labute approximate surface area is 179 Å². The minimum Gasteiger partial charge on any atom is -0.312 e. The number of rotatable bonds is 4. The Hall–Kier alpha value is -2.34. The van der Waals surface area contributed by atoms with Gasteiger partial charge < -0.3 is 4.90 Å². The molecule has 0 saturated heterocycles. The number of aliphatic imine (C=N–C) groups is 1. The van der Waals surface area contributed by atoms with Crippen molar-refractivity contribution in [2.75, 3.05) is 26.2 Å². The van der Waals surface area contributed by atoms with Crippen LogP contribution in [0.5, 0.6) is 0 Å². The van der Waals surface area contributed by atoms with E-state index in [9.17, 15) is 4.79 Å². The van der Waals surface area contributed by atoms with Crippen molar-refractivity contribution in [2.24, 2.45) is 4.99 Å². The molecule has 0 spiro atoms. The molecule has 2 aromatic rings. The molecule has 0 atom stereocenters. The zero-order valence-corrected chi connectivity index (χ0v) is 17.3. The molecular formula is C22H20Cl2N4O. The summed E-state index contributed by atoms with van der Waals surface area (Å²) in [6.45, 7) is 4.14. The monoisotopic (exact) mass is 426 g/mol. The first kappa shape index (κ1) is 18.7. The number of fused-ring (bicyclic) bond motifs is 2. The van der Waals surface area contributed by atoms with E-state index in [0.717, 1.165) is 42.4 Å². The summed E-state index contributed by atoms with van der Waals surface area (Å²) < 4.78 is 0. The van der Waals surface area contributed by atoms with Crippen molar-refractivity contribution in [1.29, 1.82) is 0 Å². The third kappa shape index (κ3) is 3.44. The normalized spacial score (nSPS) is 19.0. The van der Waals surface area contributed by atoms with Crippen molar-refractivity contribution in [3.05, 3.63) is 81.0 Å². The van der Waals surface area contributed by atoms with Gasteiger partial charge in [-0.15, -0.1) is 0 Å². The highest BCUT2D eigenvalue weighted by Crippen LogP contribution is 2.33. The van der Waals surface area contributed by atoms with Crippen molar-refractivity contribution in [1.82, 2.24) is 14.7 Å². The Morgan fingerprint density at radius 2 is 1.83 bits per heavy atom. The van der Waals surface area contributed by atoms with Crippen molar-refractivity contribution in [2.45, 2.75) is 13.1 Å². The second-order valence-corrected chi connectivity index (χ2v) is 8.36. The largest absolute Gasteiger partial charge is 0.312 e. The van der Waals surface area contributed by atoms with Crippen molar-refractivity contribution >= 4 is 35.1 Å². The smallest absolute Gasteiger partial charge is 0.259 e. The Balaban J connectivity index is 1.40. The molecule has 0 saturated carbocycles. The first-order valence-corrected chi connectivity index (χ1v) is 10.4. The zero-order valence-electron chi connectivity index (χ0n) is 15.8. The molecular weight excluding hydrogens is 407 g/mol. The molecule has 0 N–H and O–H groups in total. The highest BCUT2D eigenvalue weighted by Gasteiger charge is 2.42. The minimum absolute atomic E-state index is 0.0264. The maximum Gasteiger partial charge on any atom is 0.259 e. The SMILES string of the molecule is O=C1C2=C(CN(Cc3ccccc3)C2)N2CCN=C2N1Cc1ccc(Cl)cc1Cl. The highest BCUT2D eigenvalue weighted by molar-refractivity contribution is 6.35. The summed E-state index contributed by atoms with van der Waals surface area (Å²) in [7, 11) is 0. The third-order valence-corrected chi connectivity index (χ3v) is 6.17. The van der Waals surface area contributed by atoms with E-state index in [2.05, 4.69) is 26.9 Å². The summed E-state index contributed by atoms with van der Waals surface area (Å²) in [5.41, 5.74) is 4.08. The van der Waals surface area contributed by atoms with Crippen LogP contribution >= 0.6 is 23.2 Å². The van der Waals surface area contributed by atoms with Crippen LogP contribution in [-0.2, 0) is 17.9 Å². The first-order valence-electron chi connectivity index (χ1n) is 9.66. The number of carbonyl (C=O) groups excluding carboxylic acids is 1. The Morgan fingerprint density at radius 1 is 1.00 bits per heavy atom. The fourth-order valence-corrected chi connectivity index (χ4v) is 4.68. The number of carbonyl (C=O) groups is 1. The number of amides is 1. The lowest BCUT2D eigenvalue weighted by molar-refractivity contribution is -0.125. The van der Waals surface area contributed by atoms with Crippen LogP contribution in [0, 0.1) is 0 Å². The van der Waals surface area contributed by atoms with Crippen LogP contribution < -0.4 is 0 Å². The molecule has 3 aliphatic rings. The van der Waals surface area contributed by atoms with E-state index in [0.29, 0.717) is 29.7 Å². The molecule has 2 aromatic carbocycles. The molecule has 0 aliphatic carbocycles. The van der Waals surface area contributed by atoms with Gasteiger partial charge in [-0.2, -0.15) is 0 Å². The molecule has 0 radical (unpaired) electrons. The molecule has 148 valence electrons. The fraction of sp³-hybridized carbons (Fsp3) is 0.273. The van der Waals surface area contributed by atoms with Gasteiger partial charge >= 0.3 is 0 Å². The van der Waals surface area contributed by atoms with Gasteiger partial charge in [0.25, 0.3) is 5.91 Å². The van der Waals surface area contributed by atoms with E-state index >= 15 is 0 Å².